The van der Waals surface area contributed by atoms with Crippen LogP contribution in [-0.2, 0) is 0 Å². The maximum absolute atomic E-state index is 12.5. The first-order chi connectivity index (χ1) is 12.2. The van der Waals surface area contributed by atoms with Gasteiger partial charge in [0.25, 0.3) is 0 Å². The standard InChI is InChI=1S/C19H16N4OS/c1-12-6-8-13(9-7-12)18-21-19(23-22-18)25-11-17(24)15-10-20-16-5-3-2-4-14(15)16/h2-10,20H,11H2,1H3,(H,21,22,23). The van der Waals surface area contributed by atoms with Crippen LogP contribution in [0.25, 0.3) is 22.3 Å². The molecule has 0 aliphatic carbocycles. The van der Waals surface area contributed by atoms with Gasteiger partial charge in [-0.3, -0.25) is 9.89 Å². The minimum absolute atomic E-state index is 0.0594. The summed E-state index contributed by atoms with van der Waals surface area (Å²) in [6, 6.07) is 15.9. The van der Waals surface area contributed by atoms with E-state index in [0.717, 1.165) is 16.5 Å². The number of carbonyl (C=O) groups excluding carboxylic acids is 1. The molecule has 0 aliphatic heterocycles. The van der Waals surface area contributed by atoms with Gasteiger partial charge in [-0.1, -0.05) is 59.8 Å². The van der Waals surface area contributed by atoms with Crippen molar-refractivity contribution in [2.75, 3.05) is 5.75 Å². The smallest absolute Gasteiger partial charge is 0.209 e. The molecular weight excluding hydrogens is 332 g/mol. The number of aryl methyl sites for hydroxylation is 1. The number of benzene rings is 2. The molecule has 0 aliphatic rings. The molecule has 0 radical (unpaired) electrons. The van der Waals surface area contributed by atoms with Gasteiger partial charge in [-0.25, -0.2) is 4.98 Å². The summed E-state index contributed by atoms with van der Waals surface area (Å²) < 4.78 is 0. The van der Waals surface area contributed by atoms with Crippen molar-refractivity contribution in [3.63, 3.8) is 0 Å². The first kappa shape index (κ1) is 15.7. The van der Waals surface area contributed by atoms with Crippen molar-refractivity contribution in [3.05, 3.63) is 65.9 Å². The average molecular weight is 348 g/mol. The molecule has 2 heterocycles. The number of fused-ring (bicyclic) bond motifs is 1. The third-order valence-electron chi connectivity index (χ3n) is 4.01. The van der Waals surface area contributed by atoms with Crippen LogP contribution in [0, 0.1) is 6.92 Å². The second-order valence-electron chi connectivity index (χ2n) is 5.79. The van der Waals surface area contributed by atoms with Crippen LogP contribution < -0.4 is 0 Å². The lowest BCUT2D eigenvalue weighted by molar-refractivity contribution is 0.102. The van der Waals surface area contributed by atoms with Crippen LogP contribution in [0.15, 0.2) is 59.9 Å². The second kappa shape index (κ2) is 6.57. The molecule has 0 saturated heterocycles. The number of H-pyrrole nitrogens is 2. The van der Waals surface area contributed by atoms with Crippen molar-refractivity contribution in [1.29, 1.82) is 0 Å². The Balaban J connectivity index is 1.46. The number of Topliss-reactive ketones (excluding diaryl/α,β-unsaturated/α-hetero) is 1. The molecule has 5 nitrogen and oxygen atoms in total. The molecule has 25 heavy (non-hydrogen) atoms. The van der Waals surface area contributed by atoms with Crippen LogP contribution >= 0.6 is 11.8 Å². The molecule has 0 atom stereocenters. The molecule has 2 aromatic carbocycles. The summed E-state index contributed by atoms with van der Waals surface area (Å²) in [4.78, 5) is 20.1. The summed E-state index contributed by atoms with van der Waals surface area (Å²) in [7, 11) is 0. The van der Waals surface area contributed by atoms with Gasteiger partial charge < -0.3 is 4.98 Å². The number of ketones is 1. The number of para-hydroxylation sites is 1. The molecule has 124 valence electrons. The van der Waals surface area contributed by atoms with Crippen molar-refractivity contribution < 1.29 is 4.79 Å². The highest BCUT2D eigenvalue weighted by molar-refractivity contribution is 7.99. The molecule has 6 heteroatoms. The molecule has 0 amide bonds. The predicted molar refractivity (Wildman–Crippen MR) is 99.9 cm³/mol. The zero-order chi connectivity index (χ0) is 17.2. The molecule has 4 aromatic rings. The van der Waals surface area contributed by atoms with Crippen molar-refractivity contribution in [2.24, 2.45) is 0 Å². The Morgan fingerprint density at radius 1 is 1.12 bits per heavy atom. The number of aromatic amines is 2. The lowest BCUT2D eigenvalue weighted by Gasteiger charge is -1.97. The summed E-state index contributed by atoms with van der Waals surface area (Å²) >= 11 is 1.34. The van der Waals surface area contributed by atoms with Gasteiger partial charge in [0, 0.05) is 28.2 Å². The van der Waals surface area contributed by atoms with Gasteiger partial charge in [-0.15, -0.1) is 5.10 Å². The Kier molecular flexibility index (Phi) is 4.11. The fraction of sp³-hybridized carbons (Fsp3) is 0.105. The molecule has 0 spiro atoms. The molecule has 0 saturated carbocycles. The Morgan fingerprint density at radius 3 is 2.76 bits per heavy atom. The zero-order valence-electron chi connectivity index (χ0n) is 13.6. The summed E-state index contributed by atoms with van der Waals surface area (Å²) in [5.74, 6) is 1.07. The number of hydrogen-bond acceptors (Lipinski definition) is 4. The summed E-state index contributed by atoms with van der Waals surface area (Å²) in [6.07, 6.45) is 1.77. The number of aromatic nitrogens is 4. The minimum atomic E-state index is 0.0594. The van der Waals surface area contributed by atoms with Gasteiger partial charge in [-0.2, -0.15) is 0 Å². The number of carbonyl (C=O) groups is 1. The van der Waals surface area contributed by atoms with Crippen LogP contribution in [0.2, 0.25) is 0 Å². The van der Waals surface area contributed by atoms with Gasteiger partial charge in [0.1, 0.15) is 0 Å². The summed E-state index contributed by atoms with van der Waals surface area (Å²) in [5, 5.41) is 8.65. The Hall–Kier alpha value is -2.86. The Bertz CT molecular complexity index is 1030. The monoisotopic (exact) mass is 348 g/mol. The normalized spacial score (nSPS) is 11.1. The topological polar surface area (TPSA) is 74.4 Å². The van der Waals surface area contributed by atoms with E-state index in [9.17, 15) is 4.79 Å². The Labute approximate surface area is 148 Å². The van der Waals surface area contributed by atoms with Crippen LogP contribution in [-0.4, -0.2) is 31.7 Å². The third kappa shape index (κ3) is 3.21. The van der Waals surface area contributed by atoms with Crippen molar-refractivity contribution in [3.8, 4) is 11.4 Å². The van der Waals surface area contributed by atoms with E-state index >= 15 is 0 Å². The lowest BCUT2D eigenvalue weighted by atomic mass is 10.1. The molecule has 4 rings (SSSR count). The van der Waals surface area contributed by atoms with Crippen molar-refractivity contribution in [1.82, 2.24) is 20.2 Å². The molecule has 0 fully saturated rings. The number of rotatable bonds is 5. The van der Waals surface area contributed by atoms with E-state index in [1.807, 2.05) is 55.5 Å². The molecule has 2 N–H and O–H groups in total. The summed E-state index contributed by atoms with van der Waals surface area (Å²) in [6.45, 7) is 2.04. The predicted octanol–water partition coefficient (Wildman–Crippen LogP) is 4.24. The van der Waals surface area contributed by atoms with Crippen LogP contribution in [0.4, 0.5) is 0 Å². The Morgan fingerprint density at radius 2 is 1.92 bits per heavy atom. The number of thioether (sulfide) groups is 1. The molecule has 0 unspecified atom stereocenters. The average Bonchev–Trinajstić information content (AvgIpc) is 3.27. The van der Waals surface area contributed by atoms with Gasteiger partial charge >= 0.3 is 0 Å². The quantitative estimate of drug-likeness (QED) is 0.418. The van der Waals surface area contributed by atoms with Gasteiger partial charge in [0.2, 0.25) is 5.16 Å². The highest BCUT2D eigenvalue weighted by Crippen LogP contribution is 2.23. The number of nitrogens with zero attached hydrogens (tertiary/aromatic N) is 2. The largest absolute Gasteiger partial charge is 0.360 e. The maximum atomic E-state index is 12.5. The van der Waals surface area contributed by atoms with E-state index < -0.39 is 0 Å². The maximum Gasteiger partial charge on any atom is 0.209 e. The first-order valence-electron chi connectivity index (χ1n) is 7.92. The first-order valence-corrected chi connectivity index (χ1v) is 8.91. The van der Waals surface area contributed by atoms with Crippen molar-refractivity contribution in [2.45, 2.75) is 12.1 Å². The van der Waals surface area contributed by atoms with Crippen LogP contribution in [0.5, 0.6) is 0 Å². The highest BCUT2D eigenvalue weighted by atomic mass is 32.2. The van der Waals surface area contributed by atoms with E-state index in [0.29, 0.717) is 22.3 Å². The minimum Gasteiger partial charge on any atom is -0.360 e. The van der Waals surface area contributed by atoms with Gasteiger partial charge in [0.15, 0.2) is 11.6 Å². The number of nitrogens with one attached hydrogen (secondary N) is 2. The lowest BCUT2D eigenvalue weighted by Crippen LogP contribution is -2.01. The van der Waals surface area contributed by atoms with E-state index in [1.54, 1.807) is 6.20 Å². The van der Waals surface area contributed by atoms with E-state index in [4.69, 9.17) is 0 Å². The fourth-order valence-corrected chi connectivity index (χ4v) is 3.34. The van der Waals surface area contributed by atoms with Crippen LogP contribution in [0.1, 0.15) is 15.9 Å². The van der Waals surface area contributed by atoms with Crippen molar-refractivity contribution >= 4 is 28.4 Å². The van der Waals surface area contributed by atoms with E-state index in [-0.39, 0.29) is 5.78 Å². The van der Waals surface area contributed by atoms with Crippen LogP contribution in [0.3, 0.4) is 0 Å². The van der Waals surface area contributed by atoms with E-state index in [1.165, 1.54) is 17.3 Å². The molecule has 2 aromatic heterocycles. The summed E-state index contributed by atoms with van der Waals surface area (Å²) in [5.41, 5.74) is 3.85. The highest BCUT2D eigenvalue weighted by Gasteiger charge is 2.14. The third-order valence-corrected chi connectivity index (χ3v) is 4.86. The van der Waals surface area contributed by atoms with Gasteiger partial charge in [0.05, 0.1) is 5.75 Å². The second-order valence-corrected chi connectivity index (χ2v) is 6.73. The van der Waals surface area contributed by atoms with E-state index in [2.05, 4.69) is 20.2 Å². The molecular formula is C19H16N4OS. The zero-order valence-corrected chi connectivity index (χ0v) is 14.4. The van der Waals surface area contributed by atoms with Gasteiger partial charge in [-0.05, 0) is 13.0 Å². The molecule has 0 bridgehead atoms. The fourth-order valence-electron chi connectivity index (χ4n) is 2.66. The number of hydrogen-bond donors (Lipinski definition) is 2. The SMILES string of the molecule is Cc1ccc(-c2nc(SCC(=O)c3c[nH]c4ccccc34)n[nH]2)cc1.